The Morgan fingerprint density at radius 3 is 1.09 bits per heavy atom. The summed E-state index contributed by atoms with van der Waals surface area (Å²) in [5, 5.41) is 8.36. The molecule has 172 valence electrons. The Labute approximate surface area is 199 Å². The molecule has 8 heteroatoms. The van der Waals surface area contributed by atoms with E-state index >= 15 is 0 Å². The zero-order valence-corrected chi connectivity index (χ0v) is 19.8. The fourth-order valence-electron chi connectivity index (χ4n) is 3.29. The summed E-state index contributed by atoms with van der Waals surface area (Å²) in [7, 11) is -6.83. The van der Waals surface area contributed by atoms with Crippen LogP contribution in [0.5, 0.6) is 0 Å². The van der Waals surface area contributed by atoms with Gasteiger partial charge in [0, 0.05) is 0 Å². The van der Waals surface area contributed by atoms with Crippen molar-refractivity contribution in [2.75, 3.05) is 0 Å². The lowest BCUT2D eigenvalue weighted by Gasteiger charge is -2.05. The molecule has 0 aromatic heterocycles. The Balaban J connectivity index is 1.39. The average molecular weight is 491 g/mol. The fraction of sp³-hybridized carbons (Fsp3) is 0.0769. The molecule has 0 saturated carbocycles. The van der Waals surface area contributed by atoms with Gasteiger partial charge in [-0.1, -0.05) is 60.7 Å². The first-order valence-corrected chi connectivity index (χ1v) is 13.8. The number of azo groups is 1. The van der Waals surface area contributed by atoms with Gasteiger partial charge >= 0.3 is 0 Å². The van der Waals surface area contributed by atoms with Crippen LogP contribution in [0.4, 0.5) is 11.4 Å². The molecular formula is C26H22N2O4S2. The molecule has 0 N–H and O–H groups in total. The minimum absolute atomic E-state index is 0.0954. The normalized spacial score (nSPS) is 12.1. The molecule has 4 rings (SSSR count). The third-order valence-electron chi connectivity index (χ3n) is 5.07. The second kappa shape index (κ2) is 10.1. The standard InChI is InChI=1S/C26H22N2O4S2/c29-33(30,25-7-3-1-4-8-25)19-21-11-15-23(16-12-21)27-28-24-17-13-22(14-18-24)20-34(31,32)26-9-5-2-6-10-26/h1-18H,19-20H2. The first-order valence-electron chi connectivity index (χ1n) is 10.5. The number of benzene rings is 4. The molecule has 0 radical (unpaired) electrons. The van der Waals surface area contributed by atoms with Gasteiger partial charge in [-0.05, 0) is 59.7 Å². The summed E-state index contributed by atoms with van der Waals surface area (Å²) in [5.41, 5.74) is 2.48. The van der Waals surface area contributed by atoms with Crippen LogP contribution in [0.3, 0.4) is 0 Å². The largest absolute Gasteiger partial charge is 0.223 e. The van der Waals surface area contributed by atoms with Gasteiger partial charge in [-0.3, -0.25) is 0 Å². The Morgan fingerprint density at radius 2 is 0.765 bits per heavy atom. The summed E-state index contributed by atoms with van der Waals surface area (Å²) >= 11 is 0. The van der Waals surface area contributed by atoms with Crippen LogP contribution in [0.25, 0.3) is 0 Å². The minimum Gasteiger partial charge on any atom is -0.223 e. The van der Waals surface area contributed by atoms with E-state index in [1.54, 1.807) is 109 Å². The van der Waals surface area contributed by atoms with Crippen molar-refractivity contribution in [1.82, 2.24) is 0 Å². The van der Waals surface area contributed by atoms with Crippen LogP contribution in [0.2, 0.25) is 0 Å². The van der Waals surface area contributed by atoms with Gasteiger partial charge in [0.2, 0.25) is 0 Å². The molecule has 34 heavy (non-hydrogen) atoms. The average Bonchev–Trinajstić information content (AvgIpc) is 2.85. The van der Waals surface area contributed by atoms with Crippen LogP contribution in [0.15, 0.2) is 129 Å². The van der Waals surface area contributed by atoms with E-state index in [2.05, 4.69) is 10.2 Å². The zero-order valence-electron chi connectivity index (χ0n) is 18.2. The van der Waals surface area contributed by atoms with Gasteiger partial charge in [-0.2, -0.15) is 10.2 Å². The van der Waals surface area contributed by atoms with Crippen LogP contribution in [0.1, 0.15) is 11.1 Å². The highest BCUT2D eigenvalue weighted by molar-refractivity contribution is 7.91. The van der Waals surface area contributed by atoms with Crippen molar-refractivity contribution in [3.05, 3.63) is 120 Å². The molecule has 4 aromatic carbocycles. The van der Waals surface area contributed by atoms with Crippen LogP contribution in [-0.4, -0.2) is 16.8 Å². The molecule has 0 atom stereocenters. The molecule has 0 unspecified atom stereocenters. The molecule has 0 aliphatic rings. The highest BCUT2D eigenvalue weighted by Crippen LogP contribution is 2.23. The van der Waals surface area contributed by atoms with E-state index in [4.69, 9.17) is 0 Å². The maximum absolute atomic E-state index is 12.5. The summed E-state index contributed by atoms with van der Waals surface area (Å²) in [6, 6.07) is 30.4. The molecule has 0 amide bonds. The predicted molar refractivity (Wildman–Crippen MR) is 132 cm³/mol. The summed E-state index contributed by atoms with van der Waals surface area (Å²) in [5.74, 6) is -0.191. The van der Waals surface area contributed by atoms with Crippen LogP contribution < -0.4 is 0 Å². The van der Waals surface area contributed by atoms with Gasteiger partial charge in [-0.15, -0.1) is 0 Å². The third kappa shape index (κ3) is 6.03. The van der Waals surface area contributed by atoms with Crippen molar-refractivity contribution in [2.45, 2.75) is 21.3 Å². The quantitative estimate of drug-likeness (QED) is 0.281. The molecule has 4 aromatic rings. The van der Waals surface area contributed by atoms with Crippen molar-refractivity contribution in [2.24, 2.45) is 10.2 Å². The maximum Gasteiger partial charge on any atom is 0.182 e. The third-order valence-corrected chi connectivity index (χ3v) is 8.48. The zero-order chi connectivity index (χ0) is 24.0. The summed E-state index contributed by atoms with van der Waals surface area (Å²) in [6.07, 6.45) is 0. The molecule has 0 spiro atoms. The van der Waals surface area contributed by atoms with E-state index in [0.717, 1.165) is 0 Å². The molecule has 0 aliphatic carbocycles. The van der Waals surface area contributed by atoms with Gasteiger partial charge in [0.05, 0.1) is 32.7 Å². The smallest absolute Gasteiger partial charge is 0.182 e. The van der Waals surface area contributed by atoms with E-state index < -0.39 is 19.7 Å². The van der Waals surface area contributed by atoms with Gasteiger partial charge in [0.15, 0.2) is 19.7 Å². The van der Waals surface area contributed by atoms with Gasteiger partial charge in [0.25, 0.3) is 0 Å². The highest BCUT2D eigenvalue weighted by Gasteiger charge is 2.15. The lowest BCUT2D eigenvalue weighted by Crippen LogP contribution is -2.04. The minimum atomic E-state index is -3.41. The van der Waals surface area contributed by atoms with Gasteiger partial charge in [-0.25, -0.2) is 16.8 Å². The number of hydrogen-bond donors (Lipinski definition) is 0. The highest BCUT2D eigenvalue weighted by atomic mass is 32.2. The number of sulfone groups is 2. The first kappa shape index (κ1) is 23.5. The summed E-state index contributed by atoms with van der Waals surface area (Å²) in [4.78, 5) is 0.581. The molecule has 0 fully saturated rings. The van der Waals surface area contributed by atoms with Crippen LogP contribution in [-0.2, 0) is 31.2 Å². The van der Waals surface area contributed by atoms with Crippen molar-refractivity contribution in [3.8, 4) is 0 Å². The second-order valence-electron chi connectivity index (χ2n) is 7.68. The number of nitrogens with zero attached hydrogens (tertiary/aromatic N) is 2. The van der Waals surface area contributed by atoms with Gasteiger partial charge in [0.1, 0.15) is 0 Å². The van der Waals surface area contributed by atoms with Crippen LogP contribution in [0, 0.1) is 0 Å². The first-order chi connectivity index (χ1) is 16.3. The van der Waals surface area contributed by atoms with Gasteiger partial charge < -0.3 is 0 Å². The molecule has 0 saturated heterocycles. The molecule has 6 nitrogen and oxygen atoms in total. The van der Waals surface area contributed by atoms with Crippen molar-refractivity contribution in [1.29, 1.82) is 0 Å². The van der Waals surface area contributed by atoms with E-state index in [9.17, 15) is 16.8 Å². The van der Waals surface area contributed by atoms with Crippen LogP contribution >= 0.6 is 0 Å². The monoisotopic (exact) mass is 490 g/mol. The molecule has 0 bridgehead atoms. The van der Waals surface area contributed by atoms with E-state index in [0.29, 0.717) is 32.3 Å². The molecule has 0 heterocycles. The maximum atomic E-state index is 12.5. The van der Waals surface area contributed by atoms with Crippen molar-refractivity contribution in [3.63, 3.8) is 0 Å². The summed E-state index contributed by atoms with van der Waals surface area (Å²) < 4.78 is 50.0. The number of rotatable bonds is 8. The predicted octanol–water partition coefficient (Wildman–Crippen LogP) is 6.05. The Kier molecular flexibility index (Phi) is 7.00. The Hall–Kier alpha value is -3.62. The van der Waals surface area contributed by atoms with E-state index in [1.807, 2.05) is 0 Å². The fourth-order valence-corrected chi connectivity index (χ4v) is 6.03. The topological polar surface area (TPSA) is 93.0 Å². The van der Waals surface area contributed by atoms with E-state index in [1.165, 1.54) is 0 Å². The molecule has 0 aliphatic heterocycles. The second-order valence-corrected chi connectivity index (χ2v) is 11.7. The van der Waals surface area contributed by atoms with E-state index in [-0.39, 0.29) is 11.5 Å². The lowest BCUT2D eigenvalue weighted by molar-refractivity contribution is 0.593. The SMILES string of the molecule is O=S(=O)(Cc1ccc(N=Nc2ccc(CS(=O)(=O)c3ccccc3)cc2)cc1)c1ccccc1. The van der Waals surface area contributed by atoms with Crippen molar-refractivity contribution < 1.29 is 16.8 Å². The summed E-state index contributed by atoms with van der Waals surface area (Å²) in [6.45, 7) is 0. The number of hydrogen-bond acceptors (Lipinski definition) is 6. The Morgan fingerprint density at radius 1 is 0.441 bits per heavy atom. The van der Waals surface area contributed by atoms with Crippen molar-refractivity contribution >= 4 is 31.0 Å². The Bertz CT molecular complexity index is 1370. The molecular weight excluding hydrogens is 468 g/mol. The lowest BCUT2D eigenvalue weighted by atomic mass is 10.2.